The first-order chi connectivity index (χ1) is 11.0. The second-order valence-electron chi connectivity index (χ2n) is 5.17. The van der Waals surface area contributed by atoms with Crippen LogP contribution in [-0.2, 0) is 9.53 Å². The number of cyclic esters (lactones) is 1. The van der Waals surface area contributed by atoms with E-state index < -0.39 is 24.0 Å². The number of hydrogen-bond donors (Lipinski definition) is 1. The smallest absolute Gasteiger partial charge is 0.339 e. The highest BCUT2D eigenvalue weighted by Crippen LogP contribution is 2.36. The molecule has 23 heavy (non-hydrogen) atoms. The molecule has 2 aromatic carbocycles. The third-order valence-electron chi connectivity index (χ3n) is 3.53. The number of carboxylic acid groups (broad SMARTS) is 1. The van der Waals surface area contributed by atoms with Gasteiger partial charge in [-0.15, -0.1) is 6.58 Å². The number of esters is 1. The van der Waals surface area contributed by atoms with E-state index in [0.29, 0.717) is 11.1 Å². The van der Waals surface area contributed by atoms with Gasteiger partial charge in [-0.1, -0.05) is 60.2 Å². The summed E-state index contributed by atoms with van der Waals surface area (Å²) in [5.74, 6) is -2.44. The molecule has 0 radical (unpaired) electrons. The van der Waals surface area contributed by atoms with E-state index in [2.05, 4.69) is 25.6 Å². The Kier molecular flexibility index (Phi) is 5.31. The average molecular weight is 310 g/mol. The van der Waals surface area contributed by atoms with E-state index >= 15 is 0 Å². The van der Waals surface area contributed by atoms with Crippen molar-refractivity contribution >= 4 is 11.9 Å². The van der Waals surface area contributed by atoms with Gasteiger partial charge in [-0.3, -0.25) is 4.79 Å². The number of benzene rings is 2. The molecule has 118 valence electrons. The molecule has 0 bridgehead atoms. The third kappa shape index (κ3) is 3.86. The lowest BCUT2D eigenvalue weighted by molar-refractivity contribution is -0.143. The van der Waals surface area contributed by atoms with Crippen LogP contribution in [0.4, 0.5) is 0 Å². The SMILES string of the molecule is C=CC(C(=O)O)C1OC(=O)c2ccccc21.Cc1ccccc1. The predicted octanol–water partition coefficient (Wildman–Crippen LogP) is 3.78. The Morgan fingerprint density at radius 1 is 1.17 bits per heavy atom. The number of fused-ring (bicyclic) bond motifs is 1. The molecule has 4 nitrogen and oxygen atoms in total. The summed E-state index contributed by atoms with van der Waals surface area (Å²) >= 11 is 0. The maximum absolute atomic E-state index is 11.5. The maximum Gasteiger partial charge on any atom is 0.339 e. The summed E-state index contributed by atoms with van der Waals surface area (Å²) in [4.78, 5) is 22.4. The molecule has 1 heterocycles. The second-order valence-corrected chi connectivity index (χ2v) is 5.17. The Labute approximate surface area is 135 Å². The van der Waals surface area contributed by atoms with Crippen molar-refractivity contribution < 1.29 is 19.4 Å². The standard InChI is InChI=1S/C12H10O4.C7H8/c1-2-7(11(13)14)10-8-5-3-4-6-9(8)12(15)16-10;1-7-5-3-2-4-6-7/h2-7,10H,1H2,(H,13,14);2-6H,1H3. The normalized spacial score (nSPS) is 16.4. The van der Waals surface area contributed by atoms with E-state index in [9.17, 15) is 9.59 Å². The molecule has 3 rings (SSSR count). The van der Waals surface area contributed by atoms with E-state index in [1.807, 2.05) is 18.2 Å². The van der Waals surface area contributed by atoms with Crippen LogP contribution in [0.1, 0.15) is 27.6 Å². The molecule has 0 saturated heterocycles. The van der Waals surface area contributed by atoms with Crippen LogP contribution in [-0.4, -0.2) is 17.0 Å². The molecular formula is C19H18O4. The van der Waals surface area contributed by atoms with Crippen LogP contribution in [0.5, 0.6) is 0 Å². The highest BCUT2D eigenvalue weighted by molar-refractivity contribution is 5.94. The van der Waals surface area contributed by atoms with Crippen LogP contribution in [0.2, 0.25) is 0 Å². The summed E-state index contributed by atoms with van der Waals surface area (Å²) in [5.41, 5.74) is 2.36. The number of hydrogen-bond acceptors (Lipinski definition) is 3. The lowest BCUT2D eigenvalue weighted by Gasteiger charge is -2.15. The van der Waals surface area contributed by atoms with Crippen LogP contribution in [0, 0.1) is 12.8 Å². The van der Waals surface area contributed by atoms with Crippen molar-refractivity contribution in [1.82, 2.24) is 0 Å². The number of carbonyl (C=O) groups excluding carboxylic acids is 1. The topological polar surface area (TPSA) is 63.6 Å². The summed E-state index contributed by atoms with van der Waals surface area (Å²) in [6.07, 6.45) is 0.515. The monoisotopic (exact) mass is 310 g/mol. The molecule has 0 spiro atoms. The van der Waals surface area contributed by atoms with Gasteiger partial charge in [0.2, 0.25) is 0 Å². The molecule has 1 N–H and O–H groups in total. The van der Waals surface area contributed by atoms with Gasteiger partial charge in [-0.05, 0) is 13.0 Å². The quantitative estimate of drug-likeness (QED) is 0.692. The van der Waals surface area contributed by atoms with Crippen LogP contribution in [0.3, 0.4) is 0 Å². The summed E-state index contributed by atoms with van der Waals surface area (Å²) in [6.45, 7) is 5.54. The second kappa shape index (κ2) is 7.40. The minimum atomic E-state index is -1.05. The molecule has 1 aliphatic rings. The van der Waals surface area contributed by atoms with Gasteiger partial charge in [0.05, 0.1) is 5.56 Å². The van der Waals surface area contributed by atoms with Crippen LogP contribution < -0.4 is 0 Å². The first-order valence-corrected chi connectivity index (χ1v) is 7.21. The summed E-state index contributed by atoms with van der Waals surface area (Å²) in [7, 11) is 0. The van der Waals surface area contributed by atoms with Gasteiger partial charge < -0.3 is 9.84 Å². The Morgan fingerprint density at radius 2 is 1.78 bits per heavy atom. The van der Waals surface area contributed by atoms with Crippen molar-refractivity contribution in [2.75, 3.05) is 0 Å². The van der Waals surface area contributed by atoms with Crippen molar-refractivity contribution in [2.45, 2.75) is 13.0 Å². The molecule has 0 aliphatic carbocycles. The minimum Gasteiger partial charge on any atom is -0.481 e. The zero-order valence-corrected chi connectivity index (χ0v) is 12.8. The van der Waals surface area contributed by atoms with Crippen molar-refractivity contribution in [3.05, 3.63) is 83.9 Å². The van der Waals surface area contributed by atoms with Crippen LogP contribution >= 0.6 is 0 Å². The Balaban J connectivity index is 0.000000229. The molecule has 0 amide bonds. The van der Waals surface area contributed by atoms with Crippen molar-refractivity contribution in [1.29, 1.82) is 0 Å². The zero-order valence-electron chi connectivity index (χ0n) is 12.8. The van der Waals surface area contributed by atoms with Gasteiger partial charge in [-0.25, -0.2) is 4.79 Å². The lowest BCUT2D eigenvalue weighted by atomic mass is 9.94. The van der Waals surface area contributed by atoms with Gasteiger partial charge in [0.1, 0.15) is 12.0 Å². The number of aryl methyl sites for hydroxylation is 1. The number of aliphatic carboxylic acids is 1. The molecule has 4 heteroatoms. The summed E-state index contributed by atoms with van der Waals surface area (Å²) in [6, 6.07) is 17.0. The highest BCUT2D eigenvalue weighted by atomic mass is 16.6. The van der Waals surface area contributed by atoms with E-state index in [4.69, 9.17) is 9.84 Å². The fourth-order valence-electron chi connectivity index (χ4n) is 2.33. The zero-order chi connectivity index (χ0) is 16.8. The predicted molar refractivity (Wildman–Crippen MR) is 87.1 cm³/mol. The summed E-state index contributed by atoms with van der Waals surface area (Å²) < 4.78 is 5.06. The van der Waals surface area contributed by atoms with Gasteiger partial charge >= 0.3 is 11.9 Å². The summed E-state index contributed by atoms with van der Waals surface area (Å²) in [5, 5.41) is 8.98. The van der Waals surface area contributed by atoms with E-state index in [-0.39, 0.29) is 0 Å². The van der Waals surface area contributed by atoms with E-state index in [1.54, 1.807) is 24.3 Å². The molecule has 2 unspecified atom stereocenters. The molecule has 0 saturated carbocycles. The van der Waals surface area contributed by atoms with Crippen molar-refractivity contribution in [3.8, 4) is 0 Å². The number of ether oxygens (including phenoxy) is 1. The first-order valence-electron chi connectivity index (χ1n) is 7.21. The Morgan fingerprint density at radius 3 is 2.30 bits per heavy atom. The van der Waals surface area contributed by atoms with Gasteiger partial charge in [0.25, 0.3) is 0 Å². The molecule has 1 aliphatic heterocycles. The Bertz CT molecular complexity index is 706. The Hall–Kier alpha value is -2.88. The van der Waals surface area contributed by atoms with E-state index in [0.717, 1.165) is 0 Å². The van der Waals surface area contributed by atoms with Crippen molar-refractivity contribution in [2.24, 2.45) is 5.92 Å². The van der Waals surface area contributed by atoms with Gasteiger partial charge in [-0.2, -0.15) is 0 Å². The fourth-order valence-corrected chi connectivity index (χ4v) is 2.33. The number of rotatable bonds is 3. The van der Waals surface area contributed by atoms with Gasteiger partial charge in [0, 0.05) is 5.56 Å². The molecular weight excluding hydrogens is 292 g/mol. The van der Waals surface area contributed by atoms with Crippen LogP contribution in [0.25, 0.3) is 0 Å². The first kappa shape index (κ1) is 16.5. The molecule has 2 aromatic rings. The van der Waals surface area contributed by atoms with Gasteiger partial charge in [0.15, 0.2) is 0 Å². The number of carbonyl (C=O) groups is 2. The minimum absolute atomic E-state index is 0.431. The number of carboxylic acids is 1. The van der Waals surface area contributed by atoms with E-state index in [1.165, 1.54) is 11.6 Å². The highest BCUT2D eigenvalue weighted by Gasteiger charge is 2.38. The maximum atomic E-state index is 11.5. The largest absolute Gasteiger partial charge is 0.481 e. The third-order valence-corrected chi connectivity index (χ3v) is 3.53. The van der Waals surface area contributed by atoms with Crippen molar-refractivity contribution in [3.63, 3.8) is 0 Å². The molecule has 0 aromatic heterocycles. The van der Waals surface area contributed by atoms with Crippen LogP contribution in [0.15, 0.2) is 67.3 Å². The fraction of sp³-hybridized carbons (Fsp3) is 0.158. The average Bonchev–Trinajstić information content (AvgIpc) is 2.87. The molecule has 0 fully saturated rings. The lowest BCUT2D eigenvalue weighted by Crippen LogP contribution is -2.19. The molecule has 2 atom stereocenters.